The molecule has 13 heavy (non-hydrogen) atoms. The SMILES string of the molecule is CC(=O)c1nnn2ccc(Br)cc12. The number of halogens is 1. The van der Waals surface area contributed by atoms with Crippen molar-refractivity contribution in [1.82, 2.24) is 14.8 Å². The lowest BCUT2D eigenvalue weighted by atomic mass is 10.2. The van der Waals surface area contributed by atoms with Crippen molar-refractivity contribution in [1.29, 1.82) is 0 Å². The van der Waals surface area contributed by atoms with Crippen LogP contribution >= 0.6 is 15.9 Å². The molecular weight excluding hydrogens is 234 g/mol. The zero-order chi connectivity index (χ0) is 9.42. The van der Waals surface area contributed by atoms with Crippen molar-refractivity contribution in [2.45, 2.75) is 6.92 Å². The molecule has 0 N–H and O–H groups in total. The van der Waals surface area contributed by atoms with Crippen molar-refractivity contribution in [2.24, 2.45) is 0 Å². The molecule has 0 aliphatic rings. The first-order chi connectivity index (χ1) is 6.18. The van der Waals surface area contributed by atoms with Crippen LogP contribution in [0.5, 0.6) is 0 Å². The minimum absolute atomic E-state index is 0.0758. The summed E-state index contributed by atoms with van der Waals surface area (Å²) in [4.78, 5) is 11.1. The van der Waals surface area contributed by atoms with Crippen LogP contribution in [0.2, 0.25) is 0 Å². The molecule has 2 heterocycles. The smallest absolute Gasteiger partial charge is 0.182 e. The first kappa shape index (κ1) is 8.37. The third kappa shape index (κ3) is 1.35. The Labute approximate surface area is 82.7 Å². The van der Waals surface area contributed by atoms with Gasteiger partial charge in [0, 0.05) is 17.6 Å². The van der Waals surface area contributed by atoms with Gasteiger partial charge in [-0.05, 0) is 12.1 Å². The van der Waals surface area contributed by atoms with Crippen LogP contribution in [0.15, 0.2) is 22.8 Å². The van der Waals surface area contributed by atoms with E-state index in [2.05, 4.69) is 26.2 Å². The van der Waals surface area contributed by atoms with E-state index in [0.717, 1.165) is 9.99 Å². The molecule has 0 aromatic carbocycles. The summed E-state index contributed by atoms with van der Waals surface area (Å²) in [6, 6.07) is 3.66. The van der Waals surface area contributed by atoms with Crippen LogP contribution in [0.1, 0.15) is 17.4 Å². The normalized spacial score (nSPS) is 10.6. The number of rotatable bonds is 1. The topological polar surface area (TPSA) is 47.3 Å². The van der Waals surface area contributed by atoms with Crippen LogP contribution in [0.3, 0.4) is 0 Å². The second-order valence-corrected chi connectivity index (χ2v) is 3.58. The lowest BCUT2D eigenvalue weighted by Crippen LogP contribution is -1.93. The molecule has 4 nitrogen and oxygen atoms in total. The summed E-state index contributed by atoms with van der Waals surface area (Å²) in [6.45, 7) is 1.48. The lowest BCUT2D eigenvalue weighted by Gasteiger charge is -1.93. The molecule has 2 aromatic heterocycles. The first-order valence-electron chi connectivity index (χ1n) is 3.70. The average Bonchev–Trinajstić information content (AvgIpc) is 2.46. The molecule has 0 spiro atoms. The monoisotopic (exact) mass is 239 g/mol. The fraction of sp³-hybridized carbons (Fsp3) is 0.125. The molecule has 0 saturated heterocycles. The van der Waals surface area contributed by atoms with Gasteiger partial charge in [-0.15, -0.1) is 5.10 Å². The van der Waals surface area contributed by atoms with Gasteiger partial charge in [-0.3, -0.25) is 4.79 Å². The molecule has 0 amide bonds. The number of hydrogen-bond acceptors (Lipinski definition) is 3. The molecule has 0 aliphatic heterocycles. The minimum atomic E-state index is -0.0758. The van der Waals surface area contributed by atoms with Crippen LogP contribution in [-0.4, -0.2) is 20.6 Å². The lowest BCUT2D eigenvalue weighted by molar-refractivity contribution is 0.101. The maximum Gasteiger partial charge on any atom is 0.182 e. The van der Waals surface area contributed by atoms with E-state index < -0.39 is 0 Å². The van der Waals surface area contributed by atoms with Gasteiger partial charge < -0.3 is 0 Å². The number of nitrogens with zero attached hydrogens (tertiary/aromatic N) is 3. The fourth-order valence-corrected chi connectivity index (χ4v) is 1.45. The van der Waals surface area contributed by atoms with Gasteiger partial charge >= 0.3 is 0 Å². The highest BCUT2D eigenvalue weighted by Crippen LogP contribution is 2.14. The highest BCUT2D eigenvalue weighted by atomic mass is 79.9. The Morgan fingerprint density at radius 2 is 2.38 bits per heavy atom. The van der Waals surface area contributed by atoms with Crippen molar-refractivity contribution >= 4 is 27.2 Å². The van der Waals surface area contributed by atoms with Crippen LogP contribution < -0.4 is 0 Å². The van der Waals surface area contributed by atoms with Crippen molar-refractivity contribution < 1.29 is 4.79 Å². The number of ketones is 1. The molecule has 0 unspecified atom stereocenters. The van der Waals surface area contributed by atoms with Gasteiger partial charge in [0.2, 0.25) is 0 Å². The highest BCUT2D eigenvalue weighted by Gasteiger charge is 2.09. The Balaban J connectivity index is 2.79. The van der Waals surface area contributed by atoms with E-state index in [1.165, 1.54) is 6.92 Å². The van der Waals surface area contributed by atoms with Crippen molar-refractivity contribution in [2.75, 3.05) is 0 Å². The maximum atomic E-state index is 11.1. The standard InChI is InChI=1S/C8H6BrN3O/c1-5(13)8-7-4-6(9)2-3-12(7)11-10-8/h2-4H,1H3. The maximum absolute atomic E-state index is 11.1. The van der Waals surface area contributed by atoms with Gasteiger partial charge in [0.1, 0.15) is 0 Å². The Morgan fingerprint density at radius 3 is 3.08 bits per heavy atom. The summed E-state index contributed by atoms with van der Waals surface area (Å²) in [6.07, 6.45) is 1.75. The summed E-state index contributed by atoms with van der Waals surface area (Å²) < 4.78 is 2.48. The first-order valence-corrected chi connectivity index (χ1v) is 4.49. The van der Waals surface area contributed by atoms with Crippen LogP contribution in [0.25, 0.3) is 5.52 Å². The molecule has 2 rings (SSSR count). The van der Waals surface area contributed by atoms with Gasteiger partial charge in [0.25, 0.3) is 0 Å². The molecule has 66 valence electrons. The molecule has 0 radical (unpaired) electrons. The molecular formula is C8H6BrN3O. The van der Waals surface area contributed by atoms with Gasteiger partial charge in [-0.25, -0.2) is 4.52 Å². The average molecular weight is 240 g/mol. The van der Waals surface area contributed by atoms with Gasteiger partial charge in [0.05, 0.1) is 5.52 Å². The van der Waals surface area contributed by atoms with Crippen LogP contribution in [0, 0.1) is 0 Å². The van der Waals surface area contributed by atoms with Crippen LogP contribution in [0.4, 0.5) is 0 Å². The summed E-state index contributed by atoms with van der Waals surface area (Å²) in [5.41, 5.74) is 1.13. The second-order valence-electron chi connectivity index (χ2n) is 2.67. The predicted molar refractivity (Wildman–Crippen MR) is 50.7 cm³/mol. The third-order valence-corrected chi connectivity index (χ3v) is 2.21. The minimum Gasteiger partial charge on any atom is -0.293 e. The number of Topliss-reactive ketones (excluding diaryl/α,β-unsaturated/α-hetero) is 1. The van der Waals surface area contributed by atoms with E-state index in [9.17, 15) is 4.79 Å². The summed E-state index contributed by atoms with van der Waals surface area (Å²) in [5, 5.41) is 7.58. The quantitative estimate of drug-likeness (QED) is 0.712. The zero-order valence-corrected chi connectivity index (χ0v) is 8.45. The van der Waals surface area contributed by atoms with Crippen molar-refractivity contribution in [3.05, 3.63) is 28.5 Å². The number of hydrogen-bond donors (Lipinski definition) is 0. The molecule has 0 fully saturated rings. The Bertz CT molecular complexity index is 477. The third-order valence-electron chi connectivity index (χ3n) is 1.71. The zero-order valence-electron chi connectivity index (χ0n) is 6.86. The molecule has 0 saturated carbocycles. The summed E-state index contributed by atoms with van der Waals surface area (Å²) >= 11 is 3.32. The molecule has 5 heteroatoms. The molecule has 0 bridgehead atoms. The molecule has 2 aromatic rings. The van der Waals surface area contributed by atoms with E-state index in [-0.39, 0.29) is 5.78 Å². The number of carbonyl (C=O) groups excluding carboxylic acids is 1. The van der Waals surface area contributed by atoms with E-state index >= 15 is 0 Å². The second kappa shape index (κ2) is 2.92. The highest BCUT2D eigenvalue weighted by molar-refractivity contribution is 9.10. The predicted octanol–water partition coefficient (Wildman–Crippen LogP) is 1.69. The fourth-order valence-electron chi connectivity index (χ4n) is 1.12. The van der Waals surface area contributed by atoms with E-state index in [1.807, 2.05) is 12.1 Å². The van der Waals surface area contributed by atoms with E-state index in [1.54, 1.807) is 10.7 Å². The number of fused-ring (bicyclic) bond motifs is 1. The van der Waals surface area contributed by atoms with E-state index in [0.29, 0.717) is 5.69 Å². The molecule has 0 atom stereocenters. The van der Waals surface area contributed by atoms with Gasteiger partial charge in [-0.2, -0.15) is 0 Å². The number of carbonyl (C=O) groups is 1. The van der Waals surface area contributed by atoms with Crippen molar-refractivity contribution in [3.63, 3.8) is 0 Å². The number of pyridine rings is 1. The summed E-state index contributed by atoms with van der Waals surface area (Å²) in [7, 11) is 0. The van der Waals surface area contributed by atoms with Crippen LogP contribution in [-0.2, 0) is 0 Å². The number of aromatic nitrogens is 3. The molecule has 0 aliphatic carbocycles. The Morgan fingerprint density at radius 1 is 1.62 bits per heavy atom. The van der Waals surface area contributed by atoms with E-state index in [4.69, 9.17) is 0 Å². The largest absolute Gasteiger partial charge is 0.293 e. The van der Waals surface area contributed by atoms with Crippen molar-refractivity contribution in [3.8, 4) is 0 Å². The Kier molecular flexibility index (Phi) is 1.88. The van der Waals surface area contributed by atoms with Gasteiger partial charge in [-0.1, -0.05) is 21.1 Å². The Hall–Kier alpha value is -1.23. The summed E-state index contributed by atoms with van der Waals surface area (Å²) in [5.74, 6) is -0.0758. The van der Waals surface area contributed by atoms with Gasteiger partial charge in [0.15, 0.2) is 11.5 Å².